The SMILES string of the molecule is COC(=O)c1ccc(CC(/C=C\c2ccc(OCCCCOc3ccccc3)cc2)SCCCC(=O)O)cc1. The molecule has 0 saturated heterocycles. The number of aliphatic carboxylic acids is 1. The van der Waals surface area contributed by atoms with E-state index in [1.807, 2.05) is 66.7 Å². The Balaban J connectivity index is 1.47. The number of rotatable bonds is 17. The Hall–Kier alpha value is -3.71. The number of carbonyl (C=O) groups is 2. The quantitative estimate of drug-likeness (QED) is 0.145. The van der Waals surface area contributed by atoms with Crippen LogP contribution in [0.2, 0.25) is 0 Å². The summed E-state index contributed by atoms with van der Waals surface area (Å²) in [5.41, 5.74) is 2.68. The first-order valence-electron chi connectivity index (χ1n) is 13.1. The van der Waals surface area contributed by atoms with Crippen molar-refractivity contribution in [2.24, 2.45) is 0 Å². The molecule has 206 valence electrons. The topological polar surface area (TPSA) is 82.1 Å². The number of thioether (sulfide) groups is 1. The van der Waals surface area contributed by atoms with Crippen LogP contribution in [-0.2, 0) is 16.0 Å². The molecular formula is C32H36O6S. The maximum atomic E-state index is 11.7. The molecule has 1 unspecified atom stereocenters. The van der Waals surface area contributed by atoms with E-state index in [-0.39, 0.29) is 17.6 Å². The van der Waals surface area contributed by atoms with Gasteiger partial charge in [-0.25, -0.2) is 4.79 Å². The highest BCUT2D eigenvalue weighted by Crippen LogP contribution is 2.22. The largest absolute Gasteiger partial charge is 0.494 e. The van der Waals surface area contributed by atoms with Crippen LogP contribution in [-0.4, -0.2) is 48.4 Å². The van der Waals surface area contributed by atoms with Gasteiger partial charge in [0.15, 0.2) is 0 Å². The highest BCUT2D eigenvalue weighted by Gasteiger charge is 2.10. The second kappa shape index (κ2) is 17.0. The average molecular weight is 549 g/mol. The van der Waals surface area contributed by atoms with Gasteiger partial charge in [-0.1, -0.05) is 54.6 Å². The molecule has 3 aromatic carbocycles. The van der Waals surface area contributed by atoms with Gasteiger partial charge in [-0.3, -0.25) is 4.79 Å². The van der Waals surface area contributed by atoms with Gasteiger partial charge in [0, 0.05) is 11.7 Å². The first-order valence-corrected chi connectivity index (χ1v) is 14.2. The van der Waals surface area contributed by atoms with Crippen molar-refractivity contribution in [1.82, 2.24) is 0 Å². The van der Waals surface area contributed by atoms with Crippen molar-refractivity contribution >= 4 is 29.8 Å². The molecule has 0 aliphatic rings. The van der Waals surface area contributed by atoms with Crippen LogP contribution >= 0.6 is 11.8 Å². The molecular weight excluding hydrogens is 512 g/mol. The molecule has 0 aliphatic carbocycles. The zero-order valence-electron chi connectivity index (χ0n) is 22.3. The molecule has 0 fully saturated rings. The van der Waals surface area contributed by atoms with Crippen molar-refractivity contribution in [3.05, 3.63) is 102 Å². The fraction of sp³-hybridized carbons (Fsp3) is 0.312. The Bertz CT molecular complexity index is 1160. The molecule has 3 rings (SSSR count). The number of carbonyl (C=O) groups excluding carboxylic acids is 1. The highest BCUT2D eigenvalue weighted by atomic mass is 32.2. The van der Waals surface area contributed by atoms with Gasteiger partial charge in [0.05, 0.1) is 25.9 Å². The highest BCUT2D eigenvalue weighted by molar-refractivity contribution is 8.00. The van der Waals surface area contributed by atoms with Crippen molar-refractivity contribution in [3.8, 4) is 11.5 Å². The van der Waals surface area contributed by atoms with Gasteiger partial charge in [-0.2, -0.15) is 11.8 Å². The fourth-order valence-corrected chi connectivity index (χ4v) is 4.88. The van der Waals surface area contributed by atoms with Crippen LogP contribution < -0.4 is 9.47 Å². The molecule has 0 amide bonds. The van der Waals surface area contributed by atoms with Crippen molar-refractivity contribution in [3.63, 3.8) is 0 Å². The summed E-state index contributed by atoms with van der Waals surface area (Å²) < 4.78 is 16.4. The maximum Gasteiger partial charge on any atom is 0.337 e. The third-order valence-corrected chi connectivity index (χ3v) is 7.16. The number of para-hydroxylation sites is 1. The molecule has 0 radical (unpaired) electrons. The smallest absolute Gasteiger partial charge is 0.337 e. The van der Waals surface area contributed by atoms with E-state index >= 15 is 0 Å². The second-order valence-corrected chi connectivity index (χ2v) is 10.3. The molecule has 7 heteroatoms. The summed E-state index contributed by atoms with van der Waals surface area (Å²) >= 11 is 1.74. The molecule has 0 saturated carbocycles. The minimum absolute atomic E-state index is 0.164. The van der Waals surface area contributed by atoms with E-state index in [1.165, 1.54) is 7.11 Å². The van der Waals surface area contributed by atoms with Crippen LogP contribution in [0.15, 0.2) is 84.9 Å². The summed E-state index contributed by atoms with van der Waals surface area (Å²) in [7, 11) is 1.37. The van der Waals surface area contributed by atoms with E-state index < -0.39 is 5.97 Å². The van der Waals surface area contributed by atoms with E-state index in [1.54, 1.807) is 23.9 Å². The minimum Gasteiger partial charge on any atom is -0.494 e. The van der Waals surface area contributed by atoms with E-state index in [4.69, 9.17) is 19.3 Å². The van der Waals surface area contributed by atoms with Gasteiger partial charge in [0.2, 0.25) is 0 Å². The molecule has 0 heterocycles. The van der Waals surface area contributed by atoms with Crippen molar-refractivity contribution < 1.29 is 28.9 Å². The lowest BCUT2D eigenvalue weighted by atomic mass is 10.1. The number of benzene rings is 3. The lowest BCUT2D eigenvalue weighted by Gasteiger charge is -2.13. The molecule has 3 aromatic rings. The van der Waals surface area contributed by atoms with Crippen LogP contribution in [0.1, 0.15) is 47.2 Å². The fourth-order valence-electron chi connectivity index (χ4n) is 3.76. The predicted molar refractivity (Wildman–Crippen MR) is 157 cm³/mol. The van der Waals surface area contributed by atoms with E-state index in [0.29, 0.717) is 25.2 Å². The normalized spacial score (nSPS) is 11.7. The van der Waals surface area contributed by atoms with Gasteiger partial charge in [-0.15, -0.1) is 0 Å². The third kappa shape index (κ3) is 11.7. The standard InChI is InChI=1S/C32H36O6S/c1-36-32(35)27-16-11-26(12-17-27)24-30(39-23-7-10-31(33)34)20-15-25-13-18-29(19-14-25)38-22-6-5-21-37-28-8-3-2-4-9-28/h2-4,8-9,11-20,30H,5-7,10,21-24H2,1H3,(H,33,34)/b20-15-. The van der Waals surface area contributed by atoms with Gasteiger partial charge in [0.25, 0.3) is 0 Å². The van der Waals surface area contributed by atoms with Gasteiger partial charge < -0.3 is 19.3 Å². The van der Waals surface area contributed by atoms with Gasteiger partial charge in [0.1, 0.15) is 11.5 Å². The molecule has 39 heavy (non-hydrogen) atoms. The van der Waals surface area contributed by atoms with Gasteiger partial charge >= 0.3 is 11.9 Å². The first kappa shape index (κ1) is 29.8. The Labute approximate surface area is 235 Å². The molecule has 0 aliphatic heterocycles. The minimum atomic E-state index is -0.774. The van der Waals surface area contributed by atoms with E-state index in [2.05, 4.69) is 12.2 Å². The van der Waals surface area contributed by atoms with Crippen LogP contribution in [0, 0.1) is 0 Å². The lowest BCUT2D eigenvalue weighted by Crippen LogP contribution is -2.07. The number of unbranched alkanes of at least 4 members (excludes halogenated alkanes) is 1. The van der Waals surface area contributed by atoms with E-state index in [0.717, 1.165) is 47.6 Å². The summed E-state index contributed by atoms with van der Waals surface area (Å²) in [4.78, 5) is 22.6. The third-order valence-electron chi connectivity index (χ3n) is 5.88. The molecule has 1 N–H and O–H groups in total. The lowest BCUT2D eigenvalue weighted by molar-refractivity contribution is -0.137. The molecule has 1 atom stereocenters. The van der Waals surface area contributed by atoms with Crippen LogP contribution in [0.3, 0.4) is 0 Å². The number of esters is 1. The monoisotopic (exact) mass is 548 g/mol. The Morgan fingerprint density at radius 3 is 2.10 bits per heavy atom. The molecule has 0 spiro atoms. The number of carboxylic acid groups (broad SMARTS) is 1. The summed E-state index contributed by atoms with van der Waals surface area (Å²) in [5.74, 6) is 1.35. The summed E-state index contributed by atoms with van der Waals surface area (Å²) in [6.07, 6.45) is 7.63. The summed E-state index contributed by atoms with van der Waals surface area (Å²) in [6, 6.07) is 25.2. The van der Waals surface area contributed by atoms with Crippen molar-refractivity contribution in [1.29, 1.82) is 0 Å². The first-order chi connectivity index (χ1) is 19.0. The number of carboxylic acids is 1. The average Bonchev–Trinajstić information content (AvgIpc) is 2.96. The summed E-state index contributed by atoms with van der Waals surface area (Å²) in [5, 5.41) is 9.10. The Morgan fingerprint density at radius 2 is 1.49 bits per heavy atom. The predicted octanol–water partition coefficient (Wildman–Crippen LogP) is 6.93. The van der Waals surface area contributed by atoms with E-state index in [9.17, 15) is 9.59 Å². The maximum absolute atomic E-state index is 11.7. The van der Waals surface area contributed by atoms with Crippen molar-refractivity contribution in [2.45, 2.75) is 37.4 Å². The molecule has 0 aromatic heterocycles. The van der Waals surface area contributed by atoms with Crippen LogP contribution in [0.4, 0.5) is 0 Å². The number of methoxy groups -OCH3 is 1. The van der Waals surface area contributed by atoms with Crippen LogP contribution in [0.25, 0.3) is 6.08 Å². The number of ether oxygens (including phenoxy) is 3. The second-order valence-electron chi connectivity index (χ2n) is 8.94. The molecule has 0 bridgehead atoms. The zero-order chi connectivity index (χ0) is 27.7. The molecule has 6 nitrogen and oxygen atoms in total. The van der Waals surface area contributed by atoms with Crippen LogP contribution in [0.5, 0.6) is 11.5 Å². The zero-order valence-corrected chi connectivity index (χ0v) is 23.1. The Morgan fingerprint density at radius 1 is 0.846 bits per heavy atom. The number of hydrogen-bond acceptors (Lipinski definition) is 6. The summed E-state index contributed by atoms with van der Waals surface area (Å²) in [6.45, 7) is 1.30. The van der Waals surface area contributed by atoms with Crippen molar-refractivity contribution in [2.75, 3.05) is 26.1 Å². The van der Waals surface area contributed by atoms with Gasteiger partial charge in [-0.05, 0) is 79.0 Å². The number of hydrogen-bond donors (Lipinski definition) is 1. The Kier molecular flexibility index (Phi) is 13.0.